The minimum Gasteiger partial charge on any atom is -0.399 e. The number of benzene rings is 1. The summed E-state index contributed by atoms with van der Waals surface area (Å²) in [7, 11) is 0. The van der Waals surface area contributed by atoms with E-state index in [-0.39, 0.29) is 0 Å². The van der Waals surface area contributed by atoms with Crippen LogP contribution in [0.2, 0.25) is 0 Å². The molecule has 3 heteroatoms. The van der Waals surface area contributed by atoms with Gasteiger partial charge >= 0.3 is 0 Å². The predicted molar refractivity (Wildman–Crippen MR) is 58.2 cm³/mol. The van der Waals surface area contributed by atoms with Crippen LogP contribution in [0, 0.1) is 6.92 Å². The van der Waals surface area contributed by atoms with Crippen molar-refractivity contribution in [1.82, 2.24) is 0 Å². The molecule has 0 aliphatic rings. The fraction of sp³-hybridized carbons (Fsp3) is 0.111. The molecule has 0 aliphatic carbocycles. The van der Waals surface area contributed by atoms with Gasteiger partial charge in [-0.05, 0) is 24.6 Å². The number of hydrogen-bond donors (Lipinski definition) is 2. The number of hydrogen-bond acceptors (Lipinski definition) is 3. The average molecular weight is 195 g/mol. The van der Waals surface area contributed by atoms with Gasteiger partial charge < -0.3 is 5.73 Å². The molecule has 2 aromatic rings. The minimum atomic E-state index is 0.814. The van der Waals surface area contributed by atoms with E-state index in [4.69, 9.17) is 5.73 Å². The third-order valence-electron chi connectivity index (χ3n) is 1.86. The summed E-state index contributed by atoms with van der Waals surface area (Å²) < 4.78 is 1.29. The molecule has 0 saturated carbocycles. The highest BCUT2D eigenvalue weighted by Gasteiger charge is 2.03. The molecule has 0 saturated heterocycles. The monoisotopic (exact) mass is 195 g/mol. The number of anilines is 1. The van der Waals surface area contributed by atoms with E-state index < -0.39 is 0 Å². The number of rotatable bonds is 0. The number of thiophene rings is 1. The van der Waals surface area contributed by atoms with Crippen molar-refractivity contribution in [2.75, 3.05) is 5.73 Å². The largest absolute Gasteiger partial charge is 0.399 e. The first kappa shape index (κ1) is 7.95. The average Bonchev–Trinajstić information content (AvgIpc) is 2.33. The van der Waals surface area contributed by atoms with Gasteiger partial charge in [0.25, 0.3) is 0 Å². The van der Waals surface area contributed by atoms with E-state index in [0.29, 0.717) is 0 Å². The highest BCUT2D eigenvalue weighted by Crippen LogP contribution is 2.32. The van der Waals surface area contributed by atoms with E-state index in [1.165, 1.54) is 15.6 Å². The summed E-state index contributed by atoms with van der Waals surface area (Å²) in [5.41, 5.74) is 7.77. The molecule has 1 nitrogen and oxygen atoms in total. The second kappa shape index (κ2) is 2.68. The summed E-state index contributed by atoms with van der Waals surface area (Å²) in [6.45, 7) is 2.07. The number of fused-ring (bicyclic) bond motifs is 1. The fourth-order valence-corrected chi connectivity index (χ4v) is 2.63. The number of aryl methyl sites for hydroxylation is 1. The third kappa shape index (κ3) is 1.09. The zero-order valence-electron chi connectivity index (χ0n) is 6.66. The highest BCUT2D eigenvalue weighted by molar-refractivity contribution is 7.80. The molecule has 1 aromatic heterocycles. The van der Waals surface area contributed by atoms with Gasteiger partial charge in [-0.1, -0.05) is 0 Å². The molecule has 62 valence electrons. The summed E-state index contributed by atoms with van der Waals surface area (Å²) in [4.78, 5) is 1.02. The first-order valence-electron chi connectivity index (χ1n) is 3.65. The van der Waals surface area contributed by atoms with Crippen LogP contribution in [0.4, 0.5) is 5.69 Å². The lowest BCUT2D eigenvalue weighted by atomic mass is 10.1. The Labute approximate surface area is 80.6 Å². The summed E-state index contributed by atoms with van der Waals surface area (Å²) in [5, 5.41) is 3.21. The first-order valence-corrected chi connectivity index (χ1v) is 4.97. The van der Waals surface area contributed by atoms with Crippen LogP contribution in [0.5, 0.6) is 0 Å². The minimum absolute atomic E-state index is 0.814. The molecule has 12 heavy (non-hydrogen) atoms. The van der Waals surface area contributed by atoms with Crippen LogP contribution in [0.1, 0.15) is 5.56 Å². The third-order valence-corrected chi connectivity index (χ3v) is 3.54. The molecule has 2 rings (SSSR count). The standard InChI is InChI=1S/C9H9NS2/c1-5-2-6(10)3-7-8(11)4-12-9(5)7/h2-4,11H,10H2,1H3. The van der Waals surface area contributed by atoms with Crippen molar-refractivity contribution < 1.29 is 0 Å². The molecule has 0 aliphatic heterocycles. The Balaban J connectivity index is 2.92. The summed E-state index contributed by atoms with van der Waals surface area (Å²) >= 11 is 6.07. The van der Waals surface area contributed by atoms with Crippen LogP contribution in [0.15, 0.2) is 22.4 Å². The van der Waals surface area contributed by atoms with Gasteiger partial charge in [-0.15, -0.1) is 24.0 Å². The van der Waals surface area contributed by atoms with Crippen molar-refractivity contribution in [3.05, 3.63) is 23.1 Å². The molecular weight excluding hydrogens is 186 g/mol. The maximum absolute atomic E-state index is 5.72. The predicted octanol–water partition coefficient (Wildman–Crippen LogP) is 3.08. The van der Waals surface area contributed by atoms with Gasteiger partial charge in [-0.25, -0.2) is 0 Å². The van der Waals surface area contributed by atoms with Crippen LogP contribution in [0.25, 0.3) is 10.1 Å². The lowest BCUT2D eigenvalue weighted by molar-refractivity contribution is 1.54. The zero-order chi connectivity index (χ0) is 8.72. The summed E-state index contributed by atoms with van der Waals surface area (Å²) in [6, 6.07) is 3.97. The van der Waals surface area contributed by atoms with Crippen LogP contribution in [-0.4, -0.2) is 0 Å². The van der Waals surface area contributed by atoms with E-state index in [9.17, 15) is 0 Å². The number of nitrogen functional groups attached to an aromatic ring is 1. The molecule has 0 bridgehead atoms. The van der Waals surface area contributed by atoms with Crippen LogP contribution in [0.3, 0.4) is 0 Å². The molecule has 0 spiro atoms. The topological polar surface area (TPSA) is 26.0 Å². The molecule has 2 N–H and O–H groups in total. The Kier molecular flexibility index (Phi) is 1.77. The van der Waals surface area contributed by atoms with Crippen molar-refractivity contribution in [3.63, 3.8) is 0 Å². The highest BCUT2D eigenvalue weighted by atomic mass is 32.1. The van der Waals surface area contributed by atoms with E-state index in [0.717, 1.165) is 10.6 Å². The van der Waals surface area contributed by atoms with Crippen molar-refractivity contribution in [2.45, 2.75) is 11.8 Å². The molecule has 0 radical (unpaired) electrons. The Morgan fingerprint density at radius 3 is 2.92 bits per heavy atom. The normalized spacial score (nSPS) is 10.8. The van der Waals surface area contributed by atoms with Gasteiger partial charge in [0.2, 0.25) is 0 Å². The van der Waals surface area contributed by atoms with Crippen LogP contribution >= 0.6 is 24.0 Å². The first-order chi connectivity index (χ1) is 5.68. The Morgan fingerprint density at radius 2 is 2.17 bits per heavy atom. The van der Waals surface area contributed by atoms with Crippen molar-refractivity contribution in [1.29, 1.82) is 0 Å². The lowest BCUT2D eigenvalue weighted by Crippen LogP contribution is -1.84. The molecule has 0 atom stereocenters. The van der Waals surface area contributed by atoms with E-state index in [1.54, 1.807) is 11.3 Å². The Morgan fingerprint density at radius 1 is 1.42 bits per heavy atom. The van der Waals surface area contributed by atoms with Gasteiger partial charge in [0.05, 0.1) is 0 Å². The second-order valence-electron chi connectivity index (χ2n) is 2.84. The summed E-state index contributed by atoms with van der Waals surface area (Å²) in [5.74, 6) is 0. The SMILES string of the molecule is Cc1cc(N)cc2c(S)csc12. The zero-order valence-corrected chi connectivity index (χ0v) is 8.38. The molecular formula is C9H9NS2. The van der Waals surface area contributed by atoms with E-state index in [2.05, 4.69) is 19.6 Å². The van der Waals surface area contributed by atoms with Gasteiger partial charge in [0.15, 0.2) is 0 Å². The molecule has 1 heterocycles. The number of nitrogens with two attached hydrogens (primary N) is 1. The van der Waals surface area contributed by atoms with Crippen LogP contribution in [-0.2, 0) is 0 Å². The van der Waals surface area contributed by atoms with Gasteiger partial charge in [-0.3, -0.25) is 0 Å². The van der Waals surface area contributed by atoms with Gasteiger partial charge in [-0.2, -0.15) is 0 Å². The Bertz CT molecular complexity index is 431. The maximum Gasteiger partial charge on any atom is 0.0384 e. The lowest BCUT2D eigenvalue weighted by Gasteiger charge is -1.98. The van der Waals surface area contributed by atoms with Crippen molar-refractivity contribution in [3.8, 4) is 0 Å². The number of thiol groups is 1. The molecule has 1 aromatic carbocycles. The molecule has 0 unspecified atom stereocenters. The van der Waals surface area contributed by atoms with Gasteiger partial charge in [0.1, 0.15) is 0 Å². The maximum atomic E-state index is 5.72. The van der Waals surface area contributed by atoms with Crippen molar-refractivity contribution >= 4 is 39.7 Å². The second-order valence-corrected chi connectivity index (χ2v) is 4.20. The molecule has 0 amide bonds. The summed E-state index contributed by atoms with van der Waals surface area (Å²) in [6.07, 6.45) is 0. The van der Waals surface area contributed by atoms with Gasteiger partial charge in [0, 0.05) is 26.0 Å². The van der Waals surface area contributed by atoms with E-state index in [1.807, 2.05) is 17.5 Å². The fourth-order valence-electron chi connectivity index (χ4n) is 1.33. The van der Waals surface area contributed by atoms with E-state index >= 15 is 0 Å². The van der Waals surface area contributed by atoms with Crippen molar-refractivity contribution in [2.24, 2.45) is 0 Å². The Hall–Kier alpha value is -0.670. The molecule has 0 fully saturated rings. The smallest absolute Gasteiger partial charge is 0.0384 e. The van der Waals surface area contributed by atoms with Crippen LogP contribution < -0.4 is 5.73 Å². The quantitative estimate of drug-likeness (QED) is 0.490.